The molecule has 4 heteroatoms. The molecule has 0 aliphatic rings. The van der Waals surface area contributed by atoms with Crippen LogP contribution in [0.15, 0.2) is 24.4 Å². The van der Waals surface area contributed by atoms with Crippen LogP contribution in [0.1, 0.15) is 32.3 Å². The highest BCUT2D eigenvalue weighted by atomic mass is 32.1. The topological polar surface area (TPSA) is 21.1 Å². The fraction of sp³-hybridized carbons (Fsp3) is 0.467. The molecule has 0 spiro atoms. The largest absolute Gasteiger partial charge is 0.313 e. The molecular weight excluding hydrogens is 254 g/mol. The summed E-state index contributed by atoms with van der Waals surface area (Å²) in [5.41, 5.74) is 2.18. The monoisotopic (exact) mass is 275 g/mol. The minimum Gasteiger partial charge on any atom is -0.313 e. The molecule has 0 radical (unpaired) electrons. The van der Waals surface area contributed by atoms with Gasteiger partial charge in [0.2, 0.25) is 0 Å². The molecule has 0 fully saturated rings. The van der Waals surface area contributed by atoms with Crippen molar-refractivity contribution in [3.63, 3.8) is 0 Å². The van der Waals surface area contributed by atoms with Gasteiger partial charge in [-0.05, 0) is 36.6 Å². The van der Waals surface area contributed by atoms with E-state index in [-0.39, 0.29) is 0 Å². The summed E-state index contributed by atoms with van der Waals surface area (Å²) >= 11 is 5.66. The fourth-order valence-corrected chi connectivity index (χ4v) is 2.76. The van der Waals surface area contributed by atoms with Gasteiger partial charge in [0.05, 0.1) is 0 Å². The summed E-state index contributed by atoms with van der Waals surface area (Å²) in [7, 11) is 2.07. The molecule has 2 heterocycles. The van der Waals surface area contributed by atoms with Gasteiger partial charge in [0.15, 0.2) is 5.65 Å². The van der Waals surface area contributed by atoms with E-state index in [2.05, 4.69) is 47.7 Å². The lowest BCUT2D eigenvalue weighted by Gasteiger charge is -2.24. The Morgan fingerprint density at radius 3 is 2.79 bits per heavy atom. The van der Waals surface area contributed by atoms with Gasteiger partial charge in [-0.3, -0.25) is 0 Å². The van der Waals surface area contributed by atoms with Crippen molar-refractivity contribution in [1.29, 1.82) is 0 Å². The van der Waals surface area contributed by atoms with Crippen LogP contribution >= 0.6 is 12.2 Å². The van der Waals surface area contributed by atoms with Crippen LogP contribution in [-0.2, 0) is 6.42 Å². The normalized spacial score (nSPS) is 10.9. The molecular formula is C15H21N3S. The van der Waals surface area contributed by atoms with Crippen LogP contribution in [0.2, 0.25) is 0 Å². The molecule has 102 valence electrons. The average molecular weight is 275 g/mol. The van der Waals surface area contributed by atoms with Crippen LogP contribution in [0.5, 0.6) is 0 Å². The van der Waals surface area contributed by atoms with Crippen molar-refractivity contribution < 1.29 is 0 Å². The molecule has 0 saturated carbocycles. The van der Waals surface area contributed by atoms with E-state index in [1.807, 2.05) is 12.3 Å². The third-order valence-electron chi connectivity index (χ3n) is 3.22. The van der Waals surface area contributed by atoms with Crippen molar-refractivity contribution in [2.24, 2.45) is 0 Å². The molecule has 0 unspecified atom stereocenters. The number of rotatable bonds is 5. The second-order valence-corrected chi connectivity index (χ2v) is 5.22. The van der Waals surface area contributed by atoms with Crippen molar-refractivity contribution in [2.45, 2.75) is 33.1 Å². The number of hydrogen-bond acceptors (Lipinski definition) is 3. The van der Waals surface area contributed by atoms with Crippen LogP contribution in [0.3, 0.4) is 0 Å². The van der Waals surface area contributed by atoms with Gasteiger partial charge in [-0.2, -0.15) is 0 Å². The molecule has 0 amide bonds. The predicted molar refractivity (Wildman–Crippen MR) is 83.9 cm³/mol. The highest BCUT2D eigenvalue weighted by Crippen LogP contribution is 2.17. The van der Waals surface area contributed by atoms with E-state index >= 15 is 0 Å². The maximum atomic E-state index is 5.66. The zero-order valence-electron chi connectivity index (χ0n) is 11.9. The van der Waals surface area contributed by atoms with Crippen LogP contribution in [0, 0.1) is 4.64 Å². The third-order valence-corrected chi connectivity index (χ3v) is 3.66. The number of aryl methyl sites for hydroxylation is 1. The summed E-state index contributed by atoms with van der Waals surface area (Å²) in [6.07, 6.45) is 5.04. The van der Waals surface area contributed by atoms with Gasteiger partial charge < -0.3 is 5.01 Å². The van der Waals surface area contributed by atoms with Crippen molar-refractivity contribution >= 4 is 23.3 Å². The van der Waals surface area contributed by atoms with Gasteiger partial charge in [0.1, 0.15) is 4.64 Å². The maximum absolute atomic E-state index is 5.66. The standard InChI is InChI=1S/C15H21N3S/c1-4-7-13-11-12-8-6-9-16-14(12)18(15(13)19)17(3)10-5-2/h6,8-9,11H,4-5,7,10H2,1-3H3. The van der Waals surface area contributed by atoms with Crippen molar-refractivity contribution in [3.8, 4) is 0 Å². The quantitative estimate of drug-likeness (QED) is 0.776. The van der Waals surface area contributed by atoms with Gasteiger partial charge in [0.25, 0.3) is 0 Å². The van der Waals surface area contributed by atoms with E-state index in [0.29, 0.717) is 0 Å². The molecule has 19 heavy (non-hydrogen) atoms. The molecule has 2 aromatic heterocycles. The summed E-state index contributed by atoms with van der Waals surface area (Å²) in [6.45, 7) is 5.32. The molecule has 0 saturated heterocycles. The number of hydrogen-bond donors (Lipinski definition) is 0. The summed E-state index contributed by atoms with van der Waals surface area (Å²) in [4.78, 5) is 4.50. The van der Waals surface area contributed by atoms with E-state index < -0.39 is 0 Å². The Kier molecular flexibility index (Phi) is 4.53. The molecule has 0 aliphatic carbocycles. The number of aromatic nitrogens is 2. The van der Waals surface area contributed by atoms with Crippen LogP contribution < -0.4 is 5.01 Å². The first kappa shape index (κ1) is 14.0. The van der Waals surface area contributed by atoms with E-state index in [1.54, 1.807) is 0 Å². The Bertz CT molecular complexity index is 618. The van der Waals surface area contributed by atoms with Gasteiger partial charge in [-0.25, -0.2) is 9.66 Å². The SMILES string of the molecule is CCCc1cc2cccnc2n(N(C)CCC)c1=S. The van der Waals surface area contributed by atoms with Crippen molar-refractivity contribution in [1.82, 2.24) is 9.66 Å². The van der Waals surface area contributed by atoms with E-state index in [4.69, 9.17) is 12.2 Å². The first-order valence-corrected chi connectivity index (χ1v) is 7.31. The first-order valence-electron chi connectivity index (χ1n) is 6.90. The average Bonchev–Trinajstić information content (AvgIpc) is 2.40. The Morgan fingerprint density at radius 1 is 1.32 bits per heavy atom. The van der Waals surface area contributed by atoms with Crippen molar-refractivity contribution in [2.75, 3.05) is 18.6 Å². The molecule has 2 rings (SSSR count). The second-order valence-electron chi connectivity index (χ2n) is 4.83. The van der Waals surface area contributed by atoms with E-state index in [1.165, 1.54) is 5.56 Å². The van der Waals surface area contributed by atoms with Crippen LogP contribution in [-0.4, -0.2) is 23.3 Å². The first-order chi connectivity index (χ1) is 9.19. The molecule has 2 aromatic rings. The van der Waals surface area contributed by atoms with Crippen molar-refractivity contribution in [3.05, 3.63) is 34.6 Å². The van der Waals surface area contributed by atoms with Crippen LogP contribution in [0.4, 0.5) is 0 Å². The lowest BCUT2D eigenvalue weighted by atomic mass is 10.1. The number of nitrogens with zero attached hydrogens (tertiary/aromatic N) is 3. The Morgan fingerprint density at radius 2 is 2.11 bits per heavy atom. The van der Waals surface area contributed by atoms with Crippen LogP contribution in [0.25, 0.3) is 11.0 Å². The minimum atomic E-state index is 0.893. The maximum Gasteiger partial charge on any atom is 0.159 e. The number of fused-ring (bicyclic) bond motifs is 1. The molecule has 0 N–H and O–H groups in total. The Labute approximate surface area is 119 Å². The Hall–Kier alpha value is -1.42. The smallest absolute Gasteiger partial charge is 0.159 e. The zero-order valence-corrected chi connectivity index (χ0v) is 12.7. The van der Waals surface area contributed by atoms with Gasteiger partial charge in [-0.15, -0.1) is 0 Å². The molecule has 3 nitrogen and oxygen atoms in total. The molecule has 0 aromatic carbocycles. The molecule has 0 aliphatic heterocycles. The summed E-state index contributed by atoms with van der Waals surface area (Å²) in [5.74, 6) is 0. The van der Waals surface area contributed by atoms with Gasteiger partial charge in [0, 0.05) is 25.2 Å². The second kappa shape index (κ2) is 6.15. The van der Waals surface area contributed by atoms with Gasteiger partial charge in [-0.1, -0.05) is 32.5 Å². The highest BCUT2D eigenvalue weighted by molar-refractivity contribution is 7.71. The number of pyridine rings is 2. The van der Waals surface area contributed by atoms with E-state index in [9.17, 15) is 0 Å². The minimum absolute atomic E-state index is 0.893. The molecule has 0 atom stereocenters. The summed E-state index contributed by atoms with van der Waals surface area (Å²) < 4.78 is 2.98. The summed E-state index contributed by atoms with van der Waals surface area (Å²) in [5, 5.41) is 3.32. The van der Waals surface area contributed by atoms with Gasteiger partial charge >= 0.3 is 0 Å². The molecule has 0 bridgehead atoms. The van der Waals surface area contributed by atoms with E-state index in [0.717, 1.165) is 41.5 Å². The highest BCUT2D eigenvalue weighted by Gasteiger charge is 2.09. The third kappa shape index (κ3) is 2.78. The lowest BCUT2D eigenvalue weighted by Crippen LogP contribution is -2.32. The lowest BCUT2D eigenvalue weighted by molar-refractivity contribution is 0.638. The Balaban J connectivity index is 2.69. The summed E-state index contributed by atoms with van der Waals surface area (Å²) in [6, 6.07) is 6.27. The zero-order chi connectivity index (χ0) is 13.8. The predicted octanol–water partition coefficient (Wildman–Crippen LogP) is 3.70. The fourth-order valence-electron chi connectivity index (χ4n) is 2.37.